The van der Waals surface area contributed by atoms with E-state index in [2.05, 4.69) is 0 Å². The molecule has 0 aliphatic heterocycles. The highest BCUT2D eigenvalue weighted by Gasteiger charge is 2.60. The average molecular weight is 317 g/mol. The molecule has 0 aliphatic rings. The maximum Gasteiger partial charge on any atom is 0.404 e. The number of hydrogen-bond acceptors (Lipinski definition) is 1. The van der Waals surface area contributed by atoms with Crippen molar-refractivity contribution in [3.63, 3.8) is 0 Å². The van der Waals surface area contributed by atoms with Crippen molar-refractivity contribution in [2.75, 3.05) is 13.1 Å². The van der Waals surface area contributed by atoms with E-state index in [-0.39, 0.29) is 11.6 Å². The number of likely N-dealkylation sites (N-methyl/N-ethyl adjacent to an activating group) is 1. The predicted octanol–water partition coefficient (Wildman–Crippen LogP) is 4.75. The molecular weight excluding hydrogens is 295 g/mol. The Kier molecular flexibility index (Phi) is 7.32. The highest BCUT2D eigenvalue weighted by molar-refractivity contribution is 6.63. The monoisotopic (exact) mass is 317 g/mol. The van der Waals surface area contributed by atoms with Gasteiger partial charge in [-0.15, -0.1) is 0 Å². The van der Waals surface area contributed by atoms with E-state index in [9.17, 15) is 26.3 Å². The van der Waals surface area contributed by atoms with Crippen LogP contribution in [-0.4, -0.2) is 42.9 Å². The Bertz CT molecular complexity index is 343. The molecule has 0 aromatic heterocycles. The second-order valence-corrected chi connectivity index (χ2v) is 5.20. The third-order valence-corrected chi connectivity index (χ3v) is 3.96. The summed E-state index contributed by atoms with van der Waals surface area (Å²) in [6, 6.07) is -0.179. The van der Waals surface area contributed by atoms with Crippen molar-refractivity contribution in [3.8, 4) is 0 Å². The lowest BCUT2D eigenvalue weighted by Gasteiger charge is -2.29. The van der Waals surface area contributed by atoms with Crippen molar-refractivity contribution < 1.29 is 26.3 Å². The molecule has 0 aromatic rings. The first-order valence-corrected chi connectivity index (χ1v) is 6.89. The summed E-state index contributed by atoms with van der Waals surface area (Å²) in [6.07, 6.45) is -11.6. The van der Waals surface area contributed by atoms with E-state index in [1.807, 2.05) is 18.7 Å². The molecule has 0 N–H and O–H groups in total. The first kappa shape index (κ1) is 20.3. The minimum atomic E-state index is -5.28. The Hall–Kier alpha value is -0.655. The average Bonchev–Trinajstić information content (AvgIpc) is 2.33. The molecule has 0 radical (unpaired) electrons. The van der Waals surface area contributed by atoms with Gasteiger partial charge in [-0.1, -0.05) is 25.0 Å². The molecule has 0 aliphatic carbocycles. The van der Waals surface area contributed by atoms with E-state index in [0.29, 0.717) is 18.7 Å². The number of alkyl halides is 6. The summed E-state index contributed by atoms with van der Waals surface area (Å²) in [5.74, 6) is 0. The fraction of sp³-hybridized carbons (Fsp3) is 0.846. The van der Waals surface area contributed by atoms with E-state index in [1.54, 1.807) is 13.8 Å². The molecule has 0 aromatic carbocycles. The predicted molar refractivity (Wildman–Crippen MR) is 73.4 cm³/mol. The van der Waals surface area contributed by atoms with Crippen LogP contribution in [-0.2, 0) is 0 Å². The fourth-order valence-electron chi connectivity index (χ4n) is 2.29. The van der Waals surface area contributed by atoms with Gasteiger partial charge in [-0.3, -0.25) is 4.90 Å². The molecule has 21 heavy (non-hydrogen) atoms. The zero-order chi connectivity index (χ0) is 17.0. The Labute approximate surface area is 122 Å². The van der Waals surface area contributed by atoms with Gasteiger partial charge in [-0.05, 0) is 40.2 Å². The van der Waals surface area contributed by atoms with Gasteiger partial charge in [-0.25, -0.2) is 0 Å². The number of hydrogen-bond donors (Lipinski definition) is 0. The molecule has 0 rings (SSSR count). The molecule has 124 valence electrons. The maximum absolute atomic E-state index is 12.6. The molecule has 0 spiro atoms. The lowest BCUT2D eigenvalue weighted by atomic mass is 9.44. The number of allylic oxidation sites excluding steroid dienone is 1. The Morgan fingerprint density at radius 3 is 1.62 bits per heavy atom. The van der Waals surface area contributed by atoms with E-state index >= 15 is 0 Å². The number of nitrogens with zero attached hydrogens (tertiary/aromatic N) is 1. The molecule has 1 atom stereocenters. The molecule has 1 nitrogen and oxygen atoms in total. The maximum atomic E-state index is 12.6. The van der Waals surface area contributed by atoms with Crippen LogP contribution < -0.4 is 0 Å². The first-order chi connectivity index (χ1) is 9.36. The van der Waals surface area contributed by atoms with Crippen molar-refractivity contribution in [1.29, 1.82) is 0 Å². The van der Waals surface area contributed by atoms with Crippen LogP contribution in [0.2, 0.25) is 6.32 Å². The molecule has 0 saturated carbocycles. The normalized spacial score (nSPS) is 16.0. The zero-order valence-corrected chi connectivity index (χ0v) is 13.0. The van der Waals surface area contributed by atoms with Crippen LogP contribution in [0.4, 0.5) is 26.3 Å². The highest BCUT2D eigenvalue weighted by atomic mass is 19.4. The largest absolute Gasteiger partial charge is 0.404 e. The van der Waals surface area contributed by atoms with Crippen LogP contribution >= 0.6 is 0 Å². The minimum Gasteiger partial charge on any atom is -0.297 e. The van der Waals surface area contributed by atoms with Gasteiger partial charge >= 0.3 is 18.9 Å². The van der Waals surface area contributed by atoms with E-state index < -0.39 is 25.2 Å². The summed E-state index contributed by atoms with van der Waals surface area (Å²) >= 11 is 0. The van der Waals surface area contributed by atoms with Gasteiger partial charge in [0.15, 0.2) is 0 Å². The Morgan fingerprint density at radius 1 is 0.952 bits per heavy atom. The smallest absolute Gasteiger partial charge is 0.297 e. The van der Waals surface area contributed by atoms with Crippen molar-refractivity contribution in [2.45, 2.75) is 59.1 Å². The summed E-state index contributed by atoms with van der Waals surface area (Å²) in [4.78, 5) is 1.98. The summed E-state index contributed by atoms with van der Waals surface area (Å²) in [5, 5.41) is 0. The summed E-state index contributed by atoms with van der Waals surface area (Å²) in [6.45, 7) is 6.61. The second kappa shape index (κ2) is 7.56. The van der Waals surface area contributed by atoms with Crippen LogP contribution in [0.1, 0.15) is 34.6 Å². The van der Waals surface area contributed by atoms with Gasteiger partial charge < -0.3 is 0 Å². The van der Waals surface area contributed by atoms with Crippen LogP contribution in [0.5, 0.6) is 0 Å². The first-order valence-electron chi connectivity index (χ1n) is 6.89. The van der Waals surface area contributed by atoms with Gasteiger partial charge in [-0.2, -0.15) is 26.3 Å². The van der Waals surface area contributed by atoms with Crippen molar-refractivity contribution in [3.05, 3.63) is 11.1 Å². The van der Waals surface area contributed by atoms with Crippen molar-refractivity contribution >= 4 is 6.71 Å². The number of rotatable bonds is 6. The van der Waals surface area contributed by atoms with Gasteiger partial charge in [0, 0.05) is 6.04 Å². The minimum absolute atomic E-state index is 0.147. The highest BCUT2D eigenvalue weighted by Crippen LogP contribution is 2.36. The van der Waals surface area contributed by atoms with Crippen LogP contribution in [0.15, 0.2) is 11.1 Å². The van der Waals surface area contributed by atoms with Crippen molar-refractivity contribution in [1.82, 2.24) is 4.90 Å². The topological polar surface area (TPSA) is 3.24 Å². The molecule has 1 unspecified atom stereocenters. The van der Waals surface area contributed by atoms with E-state index in [0.717, 1.165) is 0 Å². The standard InChI is InChI=1S/C13H22BF6N/c1-6-21(7-2)11(5)10(4)9(3)8-14(12(15,16)17)13(18,19)20/h11H,6-8H2,1-5H3/b10-9-. The Balaban J connectivity index is 5.30. The lowest BCUT2D eigenvalue weighted by Crippen LogP contribution is -2.47. The molecular formula is C13H22BF6N. The van der Waals surface area contributed by atoms with Gasteiger partial charge in [0.05, 0.1) is 0 Å². The fourth-order valence-corrected chi connectivity index (χ4v) is 2.29. The summed E-state index contributed by atoms with van der Waals surface area (Å²) in [5.41, 5.74) is 0.714. The van der Waals surface area contributed by atoms with Crippen LogP contribution in [0, 0.1) is 0 Å². The third kappa shape index (κ3) is 5.92. The van der Waals surface area contributed by atoms with Gasteiger partial charge in [0.25, 0.3) is 0 Å². The summed E-state index contributed by atoms with van der Waals surface area (Å²) in [7, 11) is 0. The molecule has 0 amide bonds. The van der Waals surface area contributed by atoms with Crippen LogP contribution in [0.25, 0.3) is 0 Å². The van der Waals surface area contributed by atoms with Crippen LogP contribution in [0.3, 0.4) is 0 Å². The molecule has 8 heteroatoms. The van der Waals surface area contributed by atoms with Gasteiger partial charge in [0.2, 0.25) is 0 Å². The summed E-state index contributed by atoms with van der Waals surface area (Å²) < 4.78 is 75.5. The van der Waals surface area contributed by atoms with E-state index in [4.69, 9.17) is 0 Å². The third-order valence-electron chi connectivity index (χ3n) is 3.96. The molecule has 0 saturated heterocycles. The lowest BCUT2D eigenvalue weighted by molar-refractivity contribution is -0.104. The quantitative estimate of drug-likeness (QED) is 0.388. The molecule has 0 bridgehead atoms. The van der Waals surface area contributed by atoms with E-state index in [1.165, 1.54) is 6.92 Å². The second-order valence-electron chi connectivity index (χ2n) is 5.20. The Morgan fingerprint density at radius 2 is 1.33 bits per heavy atom. The van der Waals surface area contributed by atoms with Gasteiger partial charge in [0.1, 0.15) is 0 Å². The van der Waals surface area contributed by atoms with Crippen molar-refractivity contribution in [2.24, 2.45) is 0 Å². The molecule has 0 heterocycles. The zero-order valence-electron chi connectivity index (χ0n) is 13.0. The number of halogens is 6. The SMILES string of the molecule is CCN(CC)C(C)/C(C)=C(/C)CB(C(F)(F)F)C(F)(F)F. The molecule has 0 fully saturated rings.